The molecular formula is C21H30O5. The van der Waals surface area contributed by atoms with E-state index in [1.807, 2.05) is 18.2 Å². The van der Waals surface area contributed by atoms with Crippen molar-refractivity contribution < 1.29 is 24.2 Å². The molecular weight excluding hydrogens is 332 g/mol. The average Bonchev–Trinajstić information content (AvgIpc) is 3.23. The van der Waals surface area contributed by atoms with Crippen LogP contribution in [0.15, 0.2) is 34.9 Å². The summed E-state index contributed by atoms with van der Waals surface area (Å²) < 4.78 is 10.7. The summed E-state index contributed by atoms with van der Waals surface area (Å²) >= 11 is 0. The van der Waals surface area contributed by atoms with Gasteiger partial charge in [0.05, 0.1) is 18.8 Å². The Morgan fingerprint density at radius 1 is 1.23 bits per heavy atom. The lowest BCUT2D eigenvalue weighted by atomic mass is 9.92. The second kappa shape index (κ2) is 8.67. The molecule has 1 saturated heterocycles. The number of aliphatic carboxylic acids is 1. The molecule has 0 saturated carbocycles. The summed E-state index contributed by atoms with van der Waals surface area (Å²) in [5, 5.41) is 9.46. The van der Waals surface area contributed by atoms with Crippen LogP contribution in [-0.4, -0.2) is 35.9 Å². The van der Waals surface area contributed by atoms with E-state index in [0.717, 1.165) is 18.4 Å². The Kier molecular flexibility index (Phi) is 6.81. The summed E-state index contributed by atoms with van der Waals surface area (Å²) in [7, 11) is 1.39. The van der Waals surface area contributed by atoms with Crippen molar-refractivity contribution in [2.45, 2.75) is 71.0 Å². The topological polar surface area (TPSA) is 76.1 Å². The van der Waals surface area contributed by atoms with Crippen LogP contribution in [0.25, 0.3) is 0 Å². The van der Waals surface area contributed by atoms with E-state index in [0.29, 0.717) is 36.8 Å². The zero-order valence-corrected chi connectivity index (χ0v) is 16.2. The number of allylic oxidation sites excluding steroid dienone is 4. The van der Waals surface area contributed by atoms with Gasteiger partial charge in [0.2, 0.25) is 0 Å². The zero-order valence-electron chi connectivity index (χ0n) is 16.2. The molecule has 0 unspecified atom stereocenters. The van der Waals surface area contributed by atoms with Crippen LogP contribution in [0.4, 0.5) is 0 Å². The SMILES string of the molecule is COC(=O)C1=CC=C(C(C)C)CC/C(C(=O)O)=C/CC[C@]2(C)O[C@H]2CC1. The van der Waals surface area contributed by atoms with Crippen molar-refractivity contribution in [1.29, 1.82) is 0 Å². The number of fused-ring (bicyclic) bond motifs is 1. The second-order valence-corrected chi connectivity index (χ2v) is 7.61. The third-order valence-electron chi connectivity index (χ3n) is 5.39. The maximum absolute atomic E-state index is 12.1. The molecule has 2 rings (SSSR count). The van der Waals surface area contributed by atoms with Crippen molar-refractivity contribution in [3.8, 4) is 0 Å². The number of epoxide rings is 1. The second-order valence-electron chi connectivity index (χ2n) is 7.61. The van der Waals surface area contributed by atoms with Gasteiger partial charge in [0.1, 0.15) is 0 Å². The van der Waals surface area contributed by atoms with E-state index in [1.165, 1.54) is 7.11 Å². The van der Waals surface area contributed by atoms with E-state index in [4.69, 9.17) is 9.47 Å². The van der Waals surface area contributed by atoms with E-state index in [9.17, 15) is 14.7 Å². The third kappa shape index (κ3) is 5.31. The third-order valence-corrected chi connectivity index (χ3v) is 5.39. The molecule has 5 heteroatoms. The summed E-state index contributed by atoms with van der Waals surface area (Å²) in [6.45, 7) is 6.21. The van der Waals surface area contributed by atoms with E-state index in [2.05, 4.69) is 20.8 Å². The number of carbonyl (C=O) groups excluding carboxylic acids is 1. The van der Waals surface area contributed by atoms with Gasteiger partial charge in [0, 0.05) is 11.1 Å². The Labute approximate surface area is 155 Å². The predicted octanol–water partition coefficient (Wildman–Crippen LogP) is 4.19. The van der Waals surface area contributed by atoms with Gasteiger partial charge in [-0.2, -0.15) is 0 Å². The van der Waals surface area contributed by atoms with Crippen LogP contribution >= 0.6 is 0 Å². The molecule has 0 aromatic heterocycles. The maximum Gasteiger partial charge on any atom is 0.333 e. The summed E-state index contributed by atoms with van der Waals surface area (Å²) in [5.74, 6) is -0.891. The number of hydrogen-bond donors (Lipinski definition) is 1. The van der Waals surface area contributed by atoms with Crippen molar-refractivity contribution in [3.63, 3.8) is 0 Å². The van der Waals surface area contributed by atoms with Gasteiger partial charge in [-0.15, -0.1) is 0 Å². The molecule has 1 heterocycles. The highest BCUT2D eigenvalue weighted by atomic mass is 16.6. The molecule has 1 fully saturated rings. The van der Waals surface area contributed by atoms with Gasteiger partial charge in [-0.1, -0.05) is 37.6 Å². The lowest BCUT2D eigenvalue weighted by Crippen LogP contribution is -2.12. The van der Waals surface area contributed by atoms with E-state index in [-0.39, 0.29) is 23.6 Å². The smallest absolute Gasteiger partial charge is 0.333 e. The Morgan fingerprint density at radius 2 is 1.96 bits per heavy atom. The fourth-order valence-electron chi connectivity index (χ4n) is 3.43. The Balaban J connectivity index is 2.30. The number of methoxy groups -OCH3 is 1. The first-order chi connectivity index (χ1) is 12.3. The highest BCUT2D eigenvalue weighted by Crippen LogP contribution is 2.43. The molecule has 5 nitrogen and oxygen atoms in total. The number of rotatable bonds is 3. The minimum Gasteiger partial charge on any atom is -0.478 e. The van der Waals surface area contributed by atoms with Gasteiger partial charge >= 0.3 is 11.9 Å². The zero-order chi connectivity index (χ0) is 19.3. The number of carboxylic acids is 1. The Hall–Kier alpha value is -1.88. The maximum atomic E-state index is 12.1. The average molecular weight is 362 g/mol. The van der Waals surface area contributed by atoms with Gasteiger partial charge in [-0.25, -0.2) is 9.59 Å². The number of carboxylic acid groups (broad SMARTS) is 1. The summed E-state index contributed by atoms with van der Waals surface area (Å²) in [5.41, 5.74) is 1.99. The van der Waals surface area contributed by atoms with Crippen molar-refractivity contribution in [2.24, 2.45) is 5.92 Å². The minimum atomic E-state index is -0.857. The fraction of sp³-hybridized carbons (Fsp3) is 0.619. The van der Waals surface area contributed by atoms with Gasteiger partial charge in [-0.05, 0) is 51.4 Å². The van der Waals surface area contributed by atoms with Gasteiger partial charge in [-0.3, -0.25) is 0 Å². The first kappa shape index (κ1) is 20.4. The lowest BCUT2D eigenvalue weighted by molar-refractivity contribution is -0.136. The monoisotopic (exact) mass is 362 g/mol. The highest BCUT2D eigenvalue weighted by molar-refractivity contribution is 5.88. The molecule has 1 aliphatic carbocycles. The van der Waals surface area contributed by atoms with Crippen LogP contribution in [0.1, 0.15) is 59.3 Å². The molecule has 1 aliphatic heterocycles. The Morgan fingerprint density at radius 3 is 2.58 bits per heavy atom. The molecule has 26 heavy (non-hydrogen) atoms. The summed E-state index contributed by atoms with van der Waals surface area (Å²) in [6, 6.07) is 0. The van der Waals surface area contributed by atoms with Crippen molar-refractivity contribution in [1.82, 2.24) is 0 Å². The van der Waals surface area contributed by atoms with Crippen LogP contribution < -0.4 is 0 Å². The van der Waals surface area contributed by atoms with Crippen LogP contribution in [0.3, 0.4) is 0 Å². The van der Waals surface area contributed by atoms with Gasteiger partial charge in [0.25, 0.3) is 0 Å². The van der Waals surface area contributed by atoms with E-state index in [1.54, 1.807) is 0 Å². The Bertz CT molecular complexity index is 641. The minimum absolute atomic E-state index is 0.105. The largest absolute Gasteiger partial charge is 0.478 e. The van der Waals surface area contributed by atoms with Crippen LogP contribution in [0, 0.1) is 5.92 Å². The molecule has 0 aromatic carbocycles. The van der Waals surface area contributed by atoms with Crippen molar-refractivity contribution >= 4 is 11.9 Å². The molecule has 1 N–H and O–H groups in total. The van der Waals surface area contributed by atoms with Crippen LogP contribution in [0.2, 0.25) is 0 Å². The quantitative estimate of drug-likeness (QED) is 0.602. The lowest BCUT2D eigenvalue weighted by Gasteiger charge is -2.13. The van der Waals surface area contributed by atoms with E-state index < -0.39 is 5.97 Å². The van der Waals surface area contributed by atoms with Crippen molar-refractivity contribution in [3.05, 3.63) is 34.9 Å². The van der Waals surface area contributed by atoms with Gasteiger partial charge in [0.15, 0.2) is 0 Å². The van der Waals surface area contributed by atoms with Crippen molar-refractivity contribution in [2.75, 3.05) is 7.11 Å². The number of hydrogen-bond acceptors (Lipinski definition) is 4. The standard InChI is InChI=1S/C21H30O5/c1-14(2)15-7-9-16(19(22)23)6-5-13-21(3)18(26-21)12-11-17(10-8-15)20(24)25-4/h6,8,10,14,18H,5,7,9,11-13H2,1-4H3,(H,22,23)/b15-8?,16-6-,17-10?/t18-,21-/m0/s1. The van der Waals surface area contributed by atoms with Crippen LogP contribution in [0.5, 0.6) is 0 Å². The fourth-order valence-corrected chi connectivity index (χ4v) is 3.43. The molecule has 0 amide bonds. The summed E-state index contributed by atoms with van der Waals surface area (Å²) in [4.78, 5) is 23.6. The molecule has 0 bridgehead atoms. The molecule has 2 atom stereocenters. The molecule has 0 aromatic rings. The first-order valence-corrected chi connectivity index (χ1v) is 9.35. The number of ether oxygens (including phenoxy) is 2. The van der Waals surface area contributed by atoms with Crippen LogP contribution in [-0.2, 0) is 19.1 Å². The molecule has 144 valence electrons. The van der Waals surface area contributed by atoms with E-state index >= 15 is 0 Å². The summed E-state index contributed by atoms with van der Waals surface area (Å²) in [6.07, 6.45) is 9.74. The first-order valence-electron chi connectivity index (χ1n) is 9.35. The number of carbonyl (C=O) groups is 2. The van der Waals surface area contributed by atoms with Gasteiger partial charge < -0.3 is 14.6 Å². The molecule has 0 radical (unpaired) electrons. The highest BCUT2D eigenvalue weighted by Gasteiger charge is 2.50. The molecule has 2 aliphatic rings. The molecule has 0 spiro atoms. The number of esters is 1. The predicted molar refractivity (Wildman–Crippen MR) is 99.7 cm³/mol. The normalized spacial score (nSPS) is 29.4.